The lowest BCUT2D eigenvalue weighted by Gasteiger charge is -2.42. The van der Waals surface area contributed by atoms with Gasteiger partial charge in [-0.1, -0.05) is 90.2 Å². The molecule has 0 radical (unpaired) electrons. The van der Waals surface area contributed by atoms with Gasteiger partial charge in [0.05, 0.1) is 291 Å². The van der Waals surface area contributed by atoms with E-state index in [9.17, 15) is 4.79 Å². The third kappa shape index (κ3) is 73.1. The minimum absolute atomic E-state index is 0.168. The van der Waals surface area contributed by atoms with Crippen molar-refractivity contribution in [3.05, 3.63) is 12.2 Å². The summed E-state index contributed by atoms with van der Waals surface area (Å²) in [5.74, 6) is -0.168. The van der Waals surface area contributed by atoms with E-state index >= 15 is 0 Å². The maximum absolute atomic E-state index is 12.1. The summed E-state index contributed by atoms with van der Waals surface area (Å²) in [4.78, 5) is 14.5. The van der Waals surface area contributed by atoms with Crippen LogP contribution in [0.3, 0.4) is 0 Å². The molecular weight excluding hydrogens is 1220 g/mol. The van der Waals surface area contributed by atoms with Crippen molar-refractivity contribution >= 4 is 5.97 Å². The number of hydrogen-bond acceptors (Lipinski definition) is 23. The van der Waals surface area contributed by atoms with Crippen molar-refractivity contribution in [1.82, 2.24) is 4.90 Å². The number of esters is 1. The molecule has 1 heterocycles. The largest absolute Gasteiger partial charge is 0.463 e. The summed E-state index contributed by atoms with van der Waals surface area (Å²) >= 11 is 0. The molecule has 0 aliphatic carbocycles. The number of piperazine rings is 1. The second-order valence-electron chi connectivity index (χ2n) is 23.1. The van der Waals surface area contributed by atoms with Crippen LogP contribution in [0.25, 0.3) is 0 Å². The Labute approximate surface area is 570 Å². The van der Waals surface area contributed by atoms with Gasteiger partial charge in [0.2, 0.25) is 0 Å². The fourth-order valence-electron chi connectivity index (χ4n) is 9.24. The number of likely N-dealkylation sites (N-methyl/N-ethyl adjacent to an activating group) is 1. The Balaban J connectivity index is 1.60. The van der Waals surface area contributed by atoms with E-state index in [4.69, 9.17) is 99.5 Å². The molecule has 1 aliphatic rings. The van der Waals surface area contributed by atoms with Crippen molar-refractivity contribution in [3.8, 4) is 0 Å². The average molecular weight is 1360 g/mol. The number of hydrogen-bond donors (Lipinski definition) is 0. The van der Waals surface area contributed by atoms with Gasteiger partial charge < -0.3 is 104 Å². The summed E-state index contributed by atoms with van der Waals surface area (Å²) in [6, 6.07) is 0. The minimum atomic E-state index is -0.168. The van der Waals surface area contributed by atoms with Crippen LogP contribution in [-0.2, 0) is 104 Å². The van der Waals surface area contributed by atoms with E-state index in [-0.39, 0.29) is 12.6 Å². The Morgan fingerprint density at radius 2 is 0.511 bits per heavy atom. The maximum atomic E-state index is 12.1. The van der Waals surface area contributed by atoms with Crippen LogP contribution in [-0.4, -0.2) is 333 Å². The lowest BCUT2D eigenvalue weighted by Crippen LogP contribution is -2.57. The van der Waals surface area contributed by atoms with Crippen LogP contribution in [0.15, 0.2) is 12.2 Å². The van der Waals surface area contributed by atoms with E-state index in [0.29, 0.717) is 264 Å². The standard InChI is InChI=1S/C70H139N2O22/c1-4-6-8-9-10-11-12-13-14-15-16-17-18-19-20-21-29-74-30-31-75-32-33-76-34-35-77-36-37-78-38-39-79-40-41-80-42-43-81-44-45-82-46-47-83-48-49-84-50-51-85-52-53-86-54-55-87-56-57-88-58-59-89-60-61-90-62-63-91-64-65-92-66-67-93-68-69-94-70(73)22-23-71-24-27-72(3,28-25-71)26-7-5-2/h13-14H,4-12,15-69H2,1-3H3/q+1. The Morgan fingerprint density at radius 1 is 0.287 bits per heavy atom. The predicted molar refractivity (Wildman–Crippen MR) is 364 cm³/mol. The first-order chi connectivity index (χ1) is 46.6. The summed E-state index contributed by atoms with van der Waals surface area (Å²) in [7, 11) is 2.35. The summed E-state index contributed by atoms with van der Waals surface area (Å²) in [5, 5.41) is 0. The van der Waals surface area contributed by atoms with E-state index in [1.165, 1.54) is 103 Å². The van der Waals surface area contributed by atoms with Gasteiger partial charge in [-0.3, -0.25) is 9.69 Å². The van der Waals surface area contributed by atoms with Gasteiger partial charge in [-0.25, -0.2) is 0 Å². The SMILES string of the molecule is CCCCCCCCC=CCCCCCCCCOCCOCCOCCOCCOCCOCCOCCOCCOCCOCCOCCOCCOCCOCCOCCOCCOCCOCCOCCOCCOC(=O)CCN1CC[N+](C)(CCCC)CC1. The lowest BCUT2D eigenvalue weighted by molar-refractivity contribution is -0.913. The second kappa shape index (κ2) is 78.7. The first-order valence-electron chi connectivity index (χ1n) is 36.5. The molecule has 1 fully saturated rings. The van der Waals surface area contributed by atoms with Gasteiger partial charge in [-0.05, 0) is 38.5 Å². The van der Waals surface area contributed by atoms with Crippen LogP contribution in [0, 0.1) is 0 Å². The molecule has 1 rings (SSSR count). The van der Waals surface area contributed by atoms with Gasteiger partial charge in [0, 0.05) is 26.2 Å². The molecule has 1 saturated heterocycles. The Morgan fingerprint density at radius 3 is 0.777 bits per heavy atom. The highest BCUT2D eigenvalue weighted by Crippen LogP contribution is 2.13. The molecule has 0 aromatic rings. The number of carbonyl (C=O) groups is 1. The predicted octanol–water partition coefficient (Wildman–Crippen LogP) is 7.85. The fourth-order valence-corrected chi connectivity index (χ4v) is 9.24. The summed E-state index contributed by atoms with van der Waals surface area (Å²) in [5.41, 5.74) is 0. The number of unbranched alkanes of at least 4 members (excludes halogenated alkanes) is 13. The highest BCUT2D eigenvalue weighted by Gasteiger charge is 2.28. The normalized spacial score (nSPS) is 13.6. The van der Waals surface area contributed by atoms with Crippen molar-refractivity contribution in [2.24, 2.45) is 0 Å². The van der Waals surface area contributed by atoms with Crippen LogP contribution < -0.4 is 0 Å². The molecule has 94 heavy (non-hydrogen) atoms. The highest BCUT2D eigenvalue weighted by molar-refractivity contribution is 5.69. The maximum Gasteiger partial charge on any atom is 0.307 e. The first kappa shape index (κ1) is 90.3. The molecule has 0 bridgehead atoms. The fraction of sp³-hybridized carbons (Fsp3) is 0.957. The molecule has 24 heteroatoms. The van der Waals surface area contributed by atoms with Crippen LogP contribution >= 0.6 is 0 Å². The van der Waals surface area contributed by atoms with E-state index in [0.717, 1.165) is 50.2 Å². The quantitative estimate of drug-likeness (QED) is 0.0245. The summed E-state index contributed by atoms with van der Waals surface area (Å²) < 4.78 is 118. The van der Waals surface area contributed by atoms with Gasteiger partial charge in [-0.2, -0.15) is 0 Å². The van der Waals surface area contributed by atoms with E-state index < -0.39 is 0 Å². The van der Waals surface area contributed by atoms with Crippen molar-refractivity contribution < 1.29 is 109 Å². The zero-order chi connectivity index (χ0) is 67.2. The zero-order valence-corrected chi connectivity index (χ0v) is 59.8. The van der Waals surface area contributed by atoms with Crippen molar-refractivity contribution in [3.63, 3.8) is 0 Å². The van der Waals surface area contributed by atoms with Crippen molar-refractivity contribution in [2.45, 2.75) is 123 Å². The number of rotatable bonds is 82. The Bertz CT molecular complexity index is 1480. The monoisotopic (exact) mass is 1360 g/mol. The third-order valence-corrected chi connectivity index (χ3v) is 15.0. The molecule has 560 valence electrons. The molecule has 0 atom stereocenters. The lowest BCUT2D eigenvalue weighted by atomic mass is 10.1. The van der Waals surface area contributed by atoms with Gasteiger partial charge >= 0.3 is 5.97 Å². The number of allylic oxidation sites excluding steroid dienone is 2. The second-order valence-corrected chi connectivity index (χ2v) is 23.1. The first-order valence-corrected chi connectivity index (χ1v) is 36.5. The molecule has 0 amide bonds. The van der Waals surface area contributed by atoms with Gasteiger partial charge in [0.1, 0.15) is 6.61 Å². The van der Waals surface area contributed by atoms with Crippen LogP contribution in [0.5, 0.6) is 0 Å². The Hall–Kier alpha value is -1.67. The molecule has 0 aromatic carbocycles. The average Bonchev–Trinajstić information content (AvgIpc) is 0.919. The topological polar surface area (TPSA) is 214 Å². The molecule has 24 nitrogen and oxygen atoms in total. The number of nitrogens with zero attached hydrogens (tertiary/aromatic N) is 2. The van der Waals surface area contributed by atoms with E-state index in [1.54, 1.807) is 0 Å². The molecule has 0 aromatic heterocycles. The van der Waals surface area contributed by atoms with Crippen molar-refractivity contribution in [1.29, 1.82) is 0 Å². The zero-order valence-electron chi connectivity index (χ0n) is 59.8. The smallest absolute Gasteiger partial charge is 0.307 e. The van der Waals surface area contributed by atoms with Crippen LogP contribution in [0.4, 0.5) is 0 Å². The van der Waals surface area contributed by atoms with Crippen LogP contribution in [0.2, 0.25) is 0 Å². The summed E-state index contributed by atoms with van der Waals surface area (Å²) in [6.45, 7) is 31.3. The third-order valence-electron chi connectivity index (χ3n) is 15.0. The van der Waals surface area contributed by atoms with Gasteiger partial charge in [0.15, 0.2) is 0 Å². The summed E-state index contributed by atoms with van der Waals surface area (Å²) in [6.07, 6.45) is 26.1. The minimum Gasteiger partial charge on any atom is -0.463 e. The van der Waals surface area contributed by atoms with E-state index in [1.807, 2.05) is 0 Å². The molecule has 0 saturated carbocycles. The number of ether oxygens (including phenoxy) is 21. The number of carbonyl (C=O) groups excluding carboxylic acids is 1. The molecule has 1 aliphatic heterocycles. The van der Waals surface area contributed by atoms with Gasteiger partial charge in [0.25, 0.3) is 0 Å². The molecular formula is C70H139N2O22+. The van der Waals surface area contributed by atoms with Crippen molar-refractivity contribution in [2.75, 3.05) is 317 Å². The highest BCUT2D eigenvalue weighted by atomic mass is 16.6. The molecule has 0 unspecified atom stereocenters. The van der Waals surface area contributed by atoms with Crippen LogP contribution in [0.1, 0.15) is 123 Å². The Kier molecular flexibility index (Phi) is 75.6. The molecule has 0 spiro atoms. The number of quaternary nitrogens is 1. The van der Waals surface area contributed by atoms with Gasteiger partial charge in [-0.15, -0.1) is 0 Å². The molecule has 0 N–H and O–H groups in total. The van der Waals surface area contributed by atoms with E-state index in [2.05, 4.69) is 37.9 Å².